The fourth-order valence-corrected chi connectivity index (χ4v) is 1.71. The molecule has 2 aromatic rings. The highest BCUT2D eigenvalue weighted by Crippen LogP contribution is 2.13. The second-order valence-electron chi connectivity index (χ2n) is 4.22. The van der Waals surface area contributed by atoms with Gasteiger partial charge in [-0.3, -0.25) is 4.79 Å². The Morgan fingerprint density at radius 2 is 2.17 bits per heavy atom. The summed E-state index contributed by atoms with van der Waals surface area (Å²) in [6.45, 7) is 2.10. The molecule has 1 heterocycles. The molecule has 0 aliphatic heterocycles. The molecule has 18 heavy (non-hydrogen) atoms. The van der Waals surface area contributed by atoms with Crippen molar-refractivity contribution >= 4 is 5.91 Å². The van der Waals surface area contributed by atoms with Crippen LogP contribution < -0.4 is 0 Å². The zero-order valence-electron chi connectivity index (χ0n) is 10.3. The first kappa shape index (κ1) is 12.4. The Morgan fingerprint density at radius 3 is 2.78 bits per heavy atom. The van der Waals surface area contributed by atoms with Gasteiger partial charge >= 0.3 is 0 Å². The third-order valence-electron chi connectivity index (χ3n) is 2.67. The molecular formula is C14H14FNO2. The number of carbonyl (C=O) groups is 1. The highest BCUT2D eigenvalue weighted by atomic mass is 19.1. The van der Waals surface area contributed by atoms with Gasteiger partial charge in [-0.2, -0.15) is 0 Å². The average molecular weight is 247 g/mol. The molecule has 0 unspecified atom stereocenters. The molecule has 0 fully saturated rings. The maximum Gasteiger partial charge on any atom is 0.256 e. The van der Waals surface area contributed by atoms with Crippen molar-refractivity contribution < 1.29 is 13.6 Å². The minimum absolute atomic E-state index is 0.0784. The lowest BCUT2D eigenvalue weighted by atomic mass is 10.1. The maximum atomic E-state index is 13.7. The molecule has 0 saturated heterocycles. The van der Waals surface area contributed by atoms with E-state index in [-0.39, 0.29) is 11.5 Å². The highest BCUT2D eigenvalue weighted by molar-refractivity contribution is 5.94. The smallest absolute Gasteiger partial charge is 0.256 e. The fourth-order valence-electron chi connectivity index (χ4n) is 1.71. The van der Waals surface area contributed by atoms with Gasteiger partial charge < -0.3 is 9.32 Å². The summed E-state index contributed by atoms with van der Waals surface area (Å²) in [6, 6.07) is 8.10. The molecule has 0 atom stereocenters. The normalized spacial score (nSPS) is 10.4. The van der Waals surface area contributed by atoms with Gasteiger partial charge in [0.25, 0.3) is 5.91 Å². The minimum Gasteiger partial charge on any atom is -0.467 e. The zero-order chi connectivity index (χ0) is 13.1. The van der Waals surface area contributed by atoms with E-state index in [1.165, 1.54) is 17.0 Å². The van der Waals surface area contributed by atoms with Crippen LogP contribution in [0.15, 0.2) is 41.0 Å². The number of carbonyl (C=O) groups excluding carboxylic acids is 1. The summed E-state index contributed by atoms with van der Waals surface area (Å²) in [5.74, 6) is -0.187. The summed E-state index contributed by atoms with van der Waals surface area (Å²) in [5, 5.41) is 0. The van der Waals surface area contributed by atoms with Gasteiger partial charge in [0.2, 0.25) is 0 Å². The molecule has 0 saturated carbocycles. The van der Waals surface area contributed by atoms with E-state index in [2.05, 4.69) is 0 Å². The van der Waals surface area contributed by atoms with Crippen molar-refractivity contribution in [3.8, 4) is 0 Å². The number of benzene rings is 1. The van der Waals surface area contributed by atoms with Crippen LogP contribution in [0.25, 0.3) is 0 Å². The molecule has 94 valence electrons. The van der Waals surface area contributed by atoms with Crippen LogP contribution in [0.5, 0.6) is 0 Å². The van der Waals surface area contributed by atoms with Gasteiger partial charge in [0, 0.05) is 7.05 Å². The first-order chi connectivity index (χ1) is 8.58. The van der Waals surface area contributed by atoms with Crippen molar-refractivity contribution in [1.82, 2.24) is 4.90 Å². The predicted octanol–water partition coefficient (Wildman–Crippen LogP) is 3.00. The van der Waals surface area contributed by atoms with Crippen molar-refractivity contribution in [3.05, 3.63) is 59.3 Å². The SMILES string of the molecule is Cc1ccc(C(=O)N(C)Cc2ccco2)c(F)c1. The van der Waals surface area contributed by atoms with Crippen LogP contribution in [0.4, 0.5) is 4.39 Å². The van der Waals surface area contributed by atoms with Crippen LogP contribution in [0.3, 0.4) is 0 Å². The number of halogens is 1. The summed E-state index contributed by atoms with van der Waals surface area (Å²) < 4.78 is 18.8. The van der Waals surface area contributed by atoms with Gasteiger partial charge in [-0.15, -0.1) is 0 Å². The summed E-state index contributed by atoms with van der Waals surface area (Å²) in [6.07, 6.45) is 1.54. The number of hydrogen-bond donors (Lipinski definition) is 0. The first-order valence-electron chi connectivity index (χ1n) is 5.62. The Balaban J connectivity index is 2.15. The van der Waals surface area contributed by atoms with Crippen molar-refractivity contribution in [3.63, 3.8) is 0 Å². The van der Waals surface area contributed by atoms with Crippen LogP contribution in [-0.4, -0.2) is 17.9 Å². The van der Waals surface area contributed by atoms with E-state index in [1.807, 2.05) is 0 Å². The molecule has 0 aliphatic rings. The topological polar surface area (TPSA) is 33.5 Å². The van der Waals surface area contributed by atoms with Crippen molar-refractivity contribution in [2.45, 2.75) is 13.5 Å². The Hall–Kier alpha value is -2.10. The van der Waals surface area contributed by atoms with Gasteiger partial charge in [0.05, 0.1) is 18.4 Å². The molecule has 0 aliphatic carbocycles. The van der Waals surface area contributed by atoms with Gasteiger partial charge in [0.1, 0.15) is 11.6 Å². The van der Waals surface area contributed by atoms with E-state index in [0.717, 1.165) is 5.56 Å². The van der Waals surface area contributed by atoms with E-state index in [4.69, 9.17) is 4.42 Å². The van der Waals surface area contributed by atoms with E-state index in [1.54, 1.807) is 38.4 Å². The average Bonchev–Trinajstić information content (AvgIpc) is 2.81. The summed E-state index contributed by atoms with van der Waals surface area (Å²) in [4.78, 5) is 13.5. The van der Waals surface area contributed by atoms with Gasteiger partial charge in [-0.05, 0) is 36.8 Å². The van der Waals surface area contributed by atoms with Gasteiger partial charge in [-0.25, -0.2) is 4.39 Å². The number of nitrogens with zero attached hydrogens (tertiary/aromatic N) is 1. The molecular weight excluding hydrogens is 233 g/mol. The molecule has 0 N–H and O–H groups in total. The lowest BCUT2D eigenvalue weighted by Gasteiger charge is -2.16. The molecule has 0 bridgehead atoms. The van der Waals surface area contributed by atoms with Gasteiger partial charge in [0.15, 0.2) is 0 Å². The largest absolute Gasteiger partial charge is 0.467 e. The molecule has 3 nitrogen and oxygen atoms in total. The second kappa shape index (κ2) is 5.04. The lowest BCUT2D eigenvalue weighted by Crippen LogP contribution is -2.26. The molecule has 1 aromatic heterocycles. The summed E-state index contributed by atoms with van der Waals surface area (Å²) >= 11 is 0. The molecule has 1 amide bonds. The summed E-state index contributed by atoms with van der Waals surface area (Å²) in [7, 11) is 1.62. The number of hydrogen-bond acceptors (Lipinski definition) is 2. The van der Waals surface area contributed by atoms with E-state index in [9.17, 15) is 9.18 Å². The van der Waals surface area contributed by atoms with Crippen LogP contribution in [-0.2, 0) is 6.54 Å². The number of aryl methyl sites for hydroxylation is 1. The highest BCUT2D eigenvalue weighted by Gasteiger charge is 2.16. The number of rotatable bonds is 3. The zero-order valence-corrected chi connectivity index (χ0v) is 10.3. The first-order valence-corrected chi connectivity index (χ1v) is 5.62. The fraction of sp³-hybridized carbons (Fsp3) is 0.214. The maximum absolute atomic E-state index is 13.7. The Bertz CT molecular complexity index is 549. The third kappa shape index (κ3) is 2.59. The minimum atomic E-state index is -0.494. The van der Waals surface area contributed by atoms with Crippen LogP contribution in [0.2, 0.25) is 0 Å². The molecule has 2 rings (SSSR count). The van der Waals surface area contributed by atoms with Crippen molar-refractivity contribution in [2.75, 3.05) is 7.05 Å². The van der Waals surface area contributed by atoms with Crippen LogP contribution in [0.1, 0.15) is 21.7 Å². The van der Waals surface area contributed by atoms with Crippen molar-refractivity contribution in [1.29, 1.82) is 0 Å². The third-order valence-corrected chi connectivity index (χ3v) is 2.67. The number of amides is 1. The van der Waals surface area contributed by atoms with Crippen LogP contribution >= 0.6 is 0 Å². The van der Waals surface area contributed by atoms with Gasteiger partial charge in [-0.1, -0.05) is 6.07 Å². The monoisotopic (exact) mass is 247 g/mol. The lowest BCUT2D eigenvalue weighted by molar-refractivity contribution is 0.0771. The molecule has 0 radical (unpaired) electrons. The van der Waals surface area contributed by atoms with E-state index in [0.29, 0.717) is 12.3 Å². The summed E-state index contributed by atoms with van der Waals surface area (Å²) in [5.41, 5.74) is 0.868. The second-order valence-corrected chi connectivity index (χ2v) is 4.22. The molecule has 0 spiro atoms. The van der Waals surface area contributed by atoms with Crippen LogP contribution in [0, 0.1) is 12.7 Å². The van der Waals surface area contributed by atoms with Crippen molar-refractivity contribution in [2.24, 2.45) is 0 Å². The molecule has 1 aromatic carbocycles. The van der Waals surface area contributed by atoms with E-state index >= 15 is 0 Å². The quantitative estimate of drug-likeness (QED) is 0.835. The van der Waals surface area contributed by atoms with E-state index < -0.39 is 5.82 Å². The Morgan fingerprint density at radius 1 is 1.39 bits per heavy atom. The predicted molar refractivity (Wildman–Crippen MR) is 65.6 cm³/mol. The number of furan rings is 1. The molecule has 4 heteroatoms. The Labute approximate surface area is 105 Å². The Kier molecular flexibility index (Phi) is 3.46. The standard InChI is InChI=1S/C14H14FNO2/c1-10-5-6-12(13(15)8-10)14(17)16(2)9-11-4-3-7-18-11/h3-8H,9H2,1-2H3.